The summed E-state index contributed by atoms with van der Waals surface area (Å²) < 4.78 is 6.36. The fourth-order valence-corrected chi connectivity index (χ4v) is 10.1. The quantitative estimate of drug-likeness (QED) is 0.160. The number of hydrogen-bond donors (Lipinski definition) is 0. The van der Waals surface area contributed by atoms with Gasteiger partial charge >= 0.3 is 0 Å². The summed E-state index contributed by atoms with van der Waals surface area (Å²) in [7, 11) is 0. The summed E-state index contributed by atoms with van der Waals surface area (Å²) in [5.74, 6) is 0. The standard InChI is InChI=1S/C59H39NO/c1-5-17-41(18-6-1)53-39-55-58(51-27-14-13-25-48(51)53)52-35-31-42(37-54(52)59(55,43-19-7-2-8-20-43)44-21-9-3-10-22-44)40-29-32-46(33-30-40)60(45-23-11-4-12-24-45)47-34-36-50-49-26-15-16-28-56(49)61-57(50)38-47/h1-39H. The summed E-state index contributed by atoms with van der Waals surface area (Å²) in [5.41, 5.74) is 16.9. The highest BCUT2D eigenvalue weighted by Crippen LogP contribution is 2.59. The molecule has 286 valence electrons. The van der Waals surface area contributed by atoms with Gasteiger partial charge in [0.05, 0.1) is 5.41 Å². The monoisotopic (exact) mass is 777 g/mol. The molecule has 1 heterocycles. The van der Waals surface area contributed by atoms with Crippen LogP contribution in [0.4, 0.5) is 17.1 Å². The van der Waals surface area contributed by atoms with E-state index < -0.39 is 5.41 Å². The SMILES string of the molecule is c1ccc(-c2cc3c(c4ccccc24)-c2ccc(-c4ccc(N(c5ccccc5)c5ccc6c(c5)oc5ccccc56)cc4)cc2C3(c2ccccc2)c2ccccc2)cc1. The third-order valence-corrected chi connectivity index (χ3v) is 12.7. The first kappa shape index (κ1) is 35.0. The van der Waals surface area contributed by atoms with Crippen molar-refractivity contribution < 1.29 is 4.42 Å². The van der Waals surface area contributed by atoms with Crippen molar-refractivity contribution >= 4 is 49.8 Å². The van der Waals surface area contributed by atoms with Gasteiger partial charge in [-0.15, -0.1) is 0 Å². The molecule has 2 nitrogen and oxygen atoms in total. The van der Waals surface area contributed by atoms with Crippen LogP contribution in [0, 0.1) is 0 Å². The molecule has 0 atom stereocenters. The first-order valence-corrected chi connectivity index (χ1v) is 21.0. The van der Waals surface area contributed by atoms with Gasteiger partial charge in [0.2, 0.25) is 0 Å². The van der Waals surface area contributed by atoms with E-state index in [1.165, 1.54) is 60.8 Å². The maximum atomic E-state index is 6.36. The molecule has 0 fully saturated rings. The van der Waals surface area contributed by atoms with Gasteiger partial charge in [0.25, 0.3) is 0 Å². The van der Waals surface area contributed by atoms with Crippen molar-refractivity contribution in [3.63, 3.8) is 0 Å². The molecule has 0 unspecified atom stereocenters. The highest BCUT2D eigenvalue weighted by Gasteiger charge is 2.47. The zero-order chi connectivity index (χ0) is 40.3. The van der Waals surface area contributed by atoms with E-state index in [2.05, 4.69) is 229 Å². The summed E-state index contributed by atoms with van der Waals surface area (Å²) in [4.78, 5) is 2.31. The van der Waals surface area contributed by atoms with Gasteiger partial charge in [-0.05, 0) is 121 Å². The number of furan rings is 1. The Morgan fingerprint density at radius 2 is 0.852 bits per heavy atom. The lowest BCUT2D eigenvalue weighted by atomic mass is 9.67. The van der Waals surface area contributed by atoms with Crippen LogP contribution in [0.25, 0.3) is 66.1 Å². The van der Waals surface area contributed by atoms with Gasteiger partial charge in [0.1, 0.15) is 11.2 Å². The normalized spacial score (nSPS) is 12.7. The Hall–Kier alpha value is -7.94. The Morgan fingerprint density at radius 3 is 1.56 bits per heavy atom. The highest BCUT2D eigenvalue weighted by molar-refractivity contribution is 6.10. The number of benzene rings is 10. The average molecular weight is 778 g/mol. The van der Waals surface area contributed by atoms with Gasteiger partial charge in [-0.3, -0.25) is 0 Å². The largest absolute Gasteiger partial charge is 0.456 e. The summed E-state index contributed by atoms with van der Waals surface area (Å²) in [6.45, 7) is 0. The molecule has 1 aliphatic carbocycles. The topological polar surface area (TPSA) is 16.4 Å². The zero-order valence-electron chi connectivity index (χ0n) is 33.4. The van der Waals surface area contributed by atoms with Crippen molar-refractivity contribution in [1.29, 1.82) is 0 Å². The van der Waals surface area contributed by atoms with Crippen LogP contribution < -0.4 is 4.90 Å². The minimum atomic E-state index is -0.559. The van der Waals surface area contributed by atoms with Crippen LogP contribution in [0.2, 0.25) is 0 Å². The predicted octanol–water partition coefficient (Wildman–Crippen LogP) is 15.9. The summed E-state index contributed by atoms with van der Waals surface area (Å²) in [6.07, 6.45) is 0. The first-order valence-electron chi connectivity index (χ1n) is 21.0. The van der Waals surface area contributed by atoms with E-state index in [0.717, 1.165) is 44.6 Å². The van der Waals surface area contributed by atoms with E-state index in [1.807, 2.05) is 12.1 Å². The lowest BCUT2D eigenvalue weighted by Crippen LogP contribution is -2.28. The van der Waals surface area contributed by atoms with Crippen LogP contribution in [-0.4, -0.2) is 0 Å². The highest BCUT2D eigenvalue weighted by atomic mass is 16.3. The molecule has 1 aliphatic rings. The Bertz CT molecular complexity index is 3350. The molecule has 10 aromatic carbocycles. The maximum absolute atomic E-state index is 6.36. The summed E-state index contributed by atoms with van der Waals surface area (Å²) >= 11 is 0. The van der Waals surface area contributed by atoms with Crippen LogP contribution in [0.15, 0.2) is 241 Å². The molecule has 11 aromatic rings. The first-order chi connectivity index (χ1) is 30.3. The summed E-state index contributed by atoms with van der Waals surface area (Å²) in [5, 5.41) is 4.78. The molecule has 0 saturated carbocycles. The number of anilines is 3. The molecule has 0 amide bonds. The molecular weight excluding hydrogens is 739 g/mol. The van der Waals surface area contributed by atoms with Crippen LogP contribution >= 0.6 is 0 Å². The number of rotatable bonds is 7. The van der Waals surface area contributed by atoms with E-state index in [-0.39, 0.29) is 0 Å². The van der Waals surface area contributed by atoms with Crippen molar-refractivity contribution in [2.75, 3.05) is 4.90 Å². The number of fused-ring (bicyclic) bond motifs is 8. The molecule has 2 heteroatoms. The lowest BCUT2D eigenvalue weighted by molar-refractivity contribution is 0.669. The fourth-order valence-electron chi connectivity index (χ4n) is 10.1. The Labute approximate surface area is 355 Å². The second kappa shape index (κ2) is 14.1. The molecular formula is C59H39NO. The number of hydrogen-bond acceptors (Lipinski definition) is 2. The number of para-hydroxylation sites is 2. The zero-order valence-corrected chi connectivity index (χ0v) is 33.4. The Kier molecular flexibility index (Phi) is 8.11. The molecule has 0 bridgehead atoms. The Balaban J connectivity index is 1.04. The lowest BCUT2D eigenvalue weighted by Gasteiger charge is -2.34. The van der Waals surface area contributed by atoms with Gasteiger partial charge in [-0.2, -0.15) is 0 Å². The van der Waals surface area contributed by atoms with Crippen molar-refractivity contribution in [3.8, 4) is 33.4 Å². The number of nitrogens with zero attached hydrogens (tertiary/aromatic N) is 1. The second-order valence-electron chi connectivity index (χ2n) is 16.0. The Morgan fingerprint density at radius 1 is 0.311 bits per heavy atom. The van der Waals surface area contributed by atoms with Gasteiger partial charge in [-0.25, -0.2) is 0 Å². The van der Waals surface area contributed by atoms with Gasteiger partial charge < -0.3 is 9.32 Å². The minimum absolute atomic E-state index is 0.559. The van der Waals surface area contributed by atoms with Crippen LogP contribution in [0.5, 0.6) is 0 Å². The third kappa shape index (κ3) is 5.50. The molecule has 0 spiro atoms. The molecule has 61 heavy (non-hydrogen) atoms. The molecule has 0 saturated heterocycles. The minimum Gasteiger partial charge on any atom is -0.456 e. The van der Waals surface area contributed by atoms with Crippen molar-refractivity contribution in [2.45, 2.75) is 5.41 Å². The molecule has 0 radical (unpaired) electrons. The smallest absolute Gasteiger partial charge is 0.137 e. The predicted molar refractivity (Wildman–Crippen MR) is 254 cm³/mol. The fraction of sp³-hybridized carbons (Fsp3) is 0.0169. The second-order valence-corrected chi connectivity index (χ2v) is 16.0. The van der Waals surface area contributed by atoms with E-state index in [0.29, 0.717) is 0 Å². The maximum Gasteiger partial charge on any atom is 0.137 e. The van der Waals surface area contributed by atoms with Crippen molar-refractivity contribution in [3.05, 3.63) is 259 Å². The average Bonchev–Trinajstić information content (AvgIpc) is 3.86. The van der Waals surface area contributed by atoms with E-state index in [9.17, 15) is 0 Å². The van der Waals surface area contributed by atoms with Gasteiger partial charge in [0, 0.05) is 33.9 Å². The molecule has 12 rings (SSSR count). The molecule has 1 aromatic heterocycles. The van der Waals surface area contributed by atoms with E-state index in [1.54, 1.807) is 0 Å². The van der Waals surface area contributed by atoms with Crippen molar-refractivity contribution in [1.82, 2.24) is 0 Å². The van der Waals surface area contributed by atoms with Crippen LogP contribution in [-0.2, 0) is 5.41 Å². The van der Waals surface area contributed by atoms with Crippen molar-refractivity contribution in [2.24, 2.45) is 0 Å². The van der Waals surface area contributed by atoms with Crippen LogP contribution in [0.1, 0.15) is 22.3 Å². The third-order valence-electron chi connectivity index (χ3n) is 12.7. The van der Waals surface area contributed by atoms with Crippen LogP contribution in [0.3, 0.4) is 0 Å². The molecule has 0 aliphatic heterocycles. The van der Waals surface area contributed by atoms with E-state index in [4.69, 9.17) is 4.42 Å². The van der Waals surface area contributed by atoms with Gasteiger partial charge in [-0.1, -0.05) is 176 Å². The molecule has 0 N–H and O–H groups in total. The van der Waals surface area contributed by atoms with Gasteiger partial charge in [0.15, 0.2) is 0 Å². The summed E-state index contributed by atoms with van der Waals surface area (Å²) in [6, 6.07) is 86.1. The van der Waals surface area contributed by atoms with E-state index >= 15 is 0 Å².